The molecule has 0 spiro atoms. The number of hydrogen-bond donors (Lipinski definition) is 4. The molecule has 0 saturated carbocycles. The maximum Gasteiger partial charge on any atom is 0.247 e. The number of hydrogen-bond acceptors (Lipinski definition) is 6. The second-order valence-corrected chi connectivity index (χ2v) is 8.21. The number of ether oxygens (including phenoxy) is 1. The Balaban J connectivity index is 2.21. The van der Waals surface area contributed by atoms with Crippen molar-refractivity contribution < 1.29 is 24.5 Å². The highest BCUT2D eigenvalue weighted by Gasteiger charge is 2.35. The van der Waals surface area contributed by atoms with Crippen LogP contribution >= 0.6 is 15.9 Å². The van der Waals surface area contributed by atoms with Crippen LogP contribution in [-0.4, -0.2) is 46.4 Å². The van der Waals surface area contributed by atoms with Crippen LogP contribution in [0.1, 0.15) is 32.3 Å². The van der Waals surface area contributed by atoms with E-state index in [0.717, 1.165) is 0 Å². The van der Waals surface area contributed by atoms with Gasteiger partial charge in [-0.1, -0.05) is 13.8 Å². The average Bonchev–Trinajstić information content (AvgIpc) is 2.65. The summed E-state index contributed by atoms with van der Waals surface area (Å²) in [5.41, 5.74) is 5.98. The van der Waals surface area contributed by atoms with Gasteiger partial charge in [-0.05, 0) is 52.5 Å². The molecule has 0 aromatic heterocycles. The lowest BCUT2D eigenvalue weighted by Crippen LogP contribution is -2.49. The number of carbonyl (C=O) groups excluding carboxylic acids is 2. The molecule has 1 aliphatic rings. The largest absolute Gasteiger partial charge is 0.482 e. The number of nitriles is 1. The Kier molecular flexibility index (Phi) is 7.79. The smallest absolute Gasteiger partial charge is 0.247 e. The number of nitrogens with two attached hydrogens (primary N) is 1. The van der Waals surface area contributed by atoms with Crippen LogP contribution in [0.15, 0.2) is 34.3 Å². The number of halogens is 1. The van der Waals surface area contributed by atoms with E-state index in [1.165, 1.54) is 6.08 Å². The lowest BCUT2D eigenvalue weighted by Gasteiger charge is -2.31. The fourth-order valence-electron chi connectivity index (χ4n) is 2.98. The van der Waals surface area contributed by atoms with Crippen LogP contribution in [0, 0.1) is 17.2 Å². The van der Waals surface area contributed by atoms with Gasteiger partial charge in [-0.25, -0.2) is 0 Å². The zero-order valence-corrected chi connectivity index (χ0v) is 17.7. The van der Waals surface area contributed by atoms with Gasteiger partial charge < -0.3 is 26.0 Å². The number of nitrogens with zero attached hydrogens (tertiary/aromatic N) is 1. The molecule has 8 nitrogen and oxygen atoms in total. The third-order valence-corrected chi connectivity index (χ3v) is 5.12. The van der Waals surface area contributed by atoms with Crippen LogP contribution < -0.4 is 15.8 Å². The molecule has 29 heavy (non-hydrogen) atoms. The molecule has 5 N–H and O–H groups in total. The summed E-state index contributed by atoms with van der Waals surface area (Å²) in [6.07, 6.45) is -1.76. The van der Waals surface area contributed by atoms with Crippen molar-refractivity contribution in [3.05, 3.63) is 39.9 Å². The highest BCUT2D eigenvalue weighted by atomic mass is 79.9. The highest BCUT2D eigenvalue weighted by Crippen LogP contribution is 2.30. The Hall–Kier alpha value is -2.41. The van der Waals surface area contributed by atoms with Crippen LogP contribution in [-0.2, 0) is 9.59 Å². The standard InChI is InChI=1S/C20H24BrN3O5/c1-10(2)5-14(19(23)27)24-20(28)12-7-15(25)18(26)17(8-12)29-16-4-3-11(9-22)6-13(16)21/h3-4,6,8,10,14-15,17-18,25-26H,5,7H2,1-2H3,(H2,23,27)(H,24,28). The molecular weight excluding hydrogens is 442 g/mol. The maximum atomic E-state index is 12.6. The number of benzene rings is 1. The molecule has 1 aromatic carbocycles. The number of carbonyl (C=O) groups is 2. The van der Waals surface area contributed by atoms with E-state index in [9.17, 15) is 19.8 Å². The van der Waals surface area contributed by atoms with Crippen LogP contribution in [0.4, 0.5) is 0 Å². The molecule has 0 bridgehead atoms. The van der Waals surface area contributed by atoms with Crippen molar-refractivity contribution in [3.63, 3.8) is 0 Å². The molecule has 0 heterocycles. The van der Waals surface area contributed by atoms with Gasteiger partial charge in [0.1, 0.15) is 24.0 Å². The first-order valence-electron chi connectivity index (χ1n) is 9.15. The average molecular weight is 466 g/mol. The van der Waals surface area contributed by atoms with E-state index in [4.69, 9.17) is 15.7 Å². The van der Waals surface area contributed by atoms with E-state index in [2.05, 4.69) is 21.2 Å². The summed E-state index contributed by atoms with van der Waals surface area (Å²) in [7, 11) is 0. The fourth-order valence-corrected chi connectivity index (χ4v) is 3.46. The molecule has 156 valence electrons. The van der Waals surface area contributed by atoms with Crippen molar-refractivity contribution in [3.8, 4) is 11.8 Å². The van der Waals surface area contributed by atoms with Crippen LogP contribution in [0.2, 0.25) is 0 Å². The van der Waals surface area contributed by atoms with E-state index in [0.29, 0.717) is 22.2 Å². The summed E-state index contributed by atoms with van der Waals surface area (Å²) < 4.78 is 6.25. The van der Waals surface area contributed by atoms with Gasteiger partial charge in [0.05, 0.1) is 22.2 Å². The van der Waals surface area contributed by atoms with E-state index in [-0.39, 0.29) is 17.9 Å². The predicted octanol–water partition coefficient (Wildman–Crippen LogP) is 1.14. The number of rotatable bonds is 7. The van der Waals surface area contributed by atoms with E-state index in [1.54, 1.807) is 18.2 Å². The molecule has 0 radical (unpaired) electrons. The van der Waals surface area contributed by atoms with Gasteiger partial charge in [0, 0.05) is 12.0 Å². The van der Waals surface area contributed by atoms with Crippen molar-refractivity contribution in [1.82, 2.24) is 5.32 Å². The van der Waals surface area contributed by atoms with Gasteiger partial charge in [0.15, 0.2) is 0 Å². The van der Waals surface area contributed by atoms with E-state index < -0.39 is 36.2 Å². The van der Waals surface area contributed by atoms with Gasteiger partial charge in [0.25, 0.3) is 0 Å². The molecule has 2 amide bonds. The topological polar surface area (TPSA) is 146 Å². The van der Waals surface area contributed by atoms with Crippen LogP contribution in [0.25, 0.3) is 0 Å². The van der Waals surface area contributed by atoms with Crippen molar-refractivity contribution in [2.75, 3.05) is 0 Å². The van der Waals surface area contributed by atoms with Gasteiger partial charge in [-0.15, -0.1) is 0 Å². The lowest BCUT2D eigenvalue weighted by molar-refractivity contribution is -0.126. The zero-order valence-electron chi connectivity index (χ0n) is 16.1. The monoisotopic (exact) mass is 465 g/mol. The van der Waals surface area contributed by atoms with Crippen molar-refractivity contribution in [2.45, 2.75) is 51.0 Å². The van der Waals surface area contributed by atoms with E-state index >= 15 is 0 Å². The Labute approximate surface area is 177 Å². The number of primary amides is 1. The third-order valence-electron chi connectivity index (χ3n) is 4.50. The van der Waals surface area contributed by atoms with Crippen LogP contribution in [0.5, 0.6) is 5.75 Å². The summed E-state index contributed by atoms with van der Waals surface area (Å²) in [4.78, 5) is 24.2. The first kappa shape index (κ1) is 22.9. The third kappa shape index (κ3) is 6.03. The first-order valence-corrected chi connectivity index (χ1v) is 9.95. The Morgan fingerprint density at radius 3 is 2.66 bits per heavy atom. The summed E-state index contributed by atoms with van der Waals surface area (Å²) >= 11 is 3.29. The van der Waals surface area contributed by atoms with Gasteiger partial charge in [-0.3, -0.25) is 9.59 Å². The zero-order chi connectivity index (χ0) is 21.7. The molecule has 9 heteroatoms. The summed E-state index contributed by atoms with van der Waals surface area (Å²) in [5, 5.41) is 32.0. The highest BCUT2D eigenvalue weighted by molar-refractivity contribution is 9.10. The minimum atomic E-state index is -1.25. The quantitative estimate of drug-likeness (QED) is 0.474. The maximum absolute atomic E-state index is 12.6. The molecule has 4 unspecified atom stereocenters. The second kappa shape index (κ2) is 9.87. The van der Waals surface area contributed by atoms with E-state index in [1.807, 2.05) is 19.9 Å². The van der Waals surface area contributed by atoms with Crippen molar-refractivity contribution in [1.29, 1.82) is 5.26 Å². The minimum Gasteiger partial charge on any atom is -0.482 e. The van der Waals surface area contributed by atoms with Crippen LogP contribution in [0.3, 0.4) is 0 Å². The SMILES string of the molecule is CC(C)CC(NC(=O)C1=CC(Oc2ccc(C#N)cc2Br)C(O)C(O)C1)C(N)=O. The minimum absolute atomic E-state index is 0.0887. The Bertz CT molecular complexity index is 849. The molecule has 0 fully saturated rings. The molecule has 0 saturated heterocycles. The van der Waals surface area contributed by atoms with Gasteiger partial charge >= 0.3 is 0 Å². The summed E-state index contributed by atoms with van der Waals surface area (Å²) in [6, 6.07) is 5.82. The van der Waals surface area contributed by atoms with Gasteiger partial charge in [-0.2, -0.15) is 5.26 Å². The first-order chi connectivity index (χ1) is 13.6. The lowest BCUT2D eigenvalue weighted by atomic mass is 9.91. The number of nitrogens with one attached hydrogen (secondary N) is 1. The summed E-state index contributed by atoms with van der Waals surface area (Å²) in [6.45, 7) is 3.81. The van der Waals surface area contributed by atoms with Crippen molar-refractivity contribution >= 4 is 27.7 Å². The Morgan fingerprint density at radius 1 is 1.41 bits per heavy atom. The number of aliphatic hydroxyl groups excluding tert-OH is 2. The normalized spacial score (nSPS) is 22.4. The second-order valence-electron chi connectivity index (χ2n) is 7.35. The number of aliphatic hydroxyl groups is 2. The molecule has 4 atom stereocenters. The fraction of sp³-hybridized carbons (Fsp3) is 0.450. The predicted molar refractivity (Wildman–Crippen MR) is 109 cm³/mol. The number of amides is 2. The molecule has 2 rings (SSSR count). The molecule has 1 aromatic rings. The Morgan fingerprint density at radius 2 is 2.10 bits per heavy atom. The molecule has 0 aliphatic heterocycles. The van der Waals surface area contributed by atoms with Gasteiger partial charge in [0.2, 0.25) is 11.8 Å². The summed E-state index contributed by atoms with van der Waals surface area (Å²) in [5.74, 6) is -0.704. The molecule has 1 aliphatic carbocycles. The van der Waals surface area contributed by atoms with Crippen molar-refractivity contribution in [2.24, 2.45) is 11.7 Å². The molecular formula is C20H24BrN3O5.